The second-order valence-electron chi connectivity index (χ2n) is 5.61. The smallest absolute Gasteiger partial charge is 0.162 e. The Morgan fingerprint density at radius 2 is 1.84 bits per heavy atom. The highest BCUT2D eigenvalue weighted by Crippen LogP contribution is 2.27. The number of anilines is 2. The number of benzene rings is 2. The fourth-order valence-electron chi connectivity index (χ4n) is 2.70. The lowest BCUT2D eigenvalue weighted by Gasteiger charge is -2.05. The molecule has 0 saturated carbocycles. The molecule has 0 atom stereocenters. The van der Waals surface area contributed by atoms with Crippen molar-refractivity contribution in [1.29, 1.82) is 0 Å². The first-order valence-electron chi connectivity index (χ1n) is 7.78. The minimum absolute atomic E-state index is 0.546. The van der Waals surface area contributed by atoms with Crippen molar-refractivity contribution in [2.24, 2.45) is 0 Å². The van der Waals surface area contributed by atoms with Crippen LogP contribution < -0.4 is 5.32 Å². The summed E-state index contributed by atoms with van der Waals surface area (Å²) in [5.41, 5.74) is 2.67. The Morgan fingerprint density at radius 1 is 0.960 bits per heavy atom. The van der Waals surface area contributed by atoms with Crippen LogP contribution in [0.15, 0.2) is 66.9 Å². The first-order chi connectivity index (χ1) is 12.2. The van der Waals surface area contributed by atoms with Gasteiger partial charge in [0.1, 0.15) is 0 Å². The number of aromatic nitrogens is 3. The summed E-state index contributed by atoms with van der Waals surface area (Å²) in [5, 5.41) is 10.3. The molecule has 0 aliphatic rings. The molecular formula is C19H14Cl2N4. The molecule has 0 spiro atoms. The Morgan fingerprint density at radius 3 is 2.68 bits per heavy atom. The second-order valence-corrected chi connectivity index (χ2v) is 6.45. The monoisotopic (exact) mass is 368 g/mol. The highest BCUT2D eigenvalue weighted by Gasteiger charge is 2.13. The van der Waals surface area contributed by atoms with Gasteiger partial charge in [0.15, 0.2) is 11.5 Å². The zero-order valence-corrected chi connectivity index (χ0v) is 14.7. The molecule has 2 aromatic heterocycles. The van der Waals surface area contributed by atoms with Gasteiger partial charge in [-0.1, -0.05) is 47.5 Å². The second kappa shape index (κ2) is 6.75. The van der Waals surface area contributed by atoms with Crippen LogP contribution in [0.5, 0.6) is 0 Å². The van der Waals surface area contributed by atoms with Crippen LogP contribution in [-0.4, -0.2) is 14.8 Å². The SMILES string of the molecule is Clc1cccc(Nc2nn(Cc3ccccc3Cl)c3ncccc23)c1. The summed E-state index contributed by atoms with van der Waals surface area (Å²) in [6.45, 7) is 0.546. The molecule has 0 amide bonds. The fourth-order valence-corrected chi connectivity index (χ4v) is 3.09. The van der Waals surface area contributed by atoms with E-state index >= 15 is 0 Å². The summed E-state index contributed by atoms with van der Waals surface area (Å²) in [6, 6.07) is 19.2. The van der Waals surface area contributed by atoms with E-state index in [4.69, 9.17) is 28.3 Å². The van der Waals surface area contributed by atoms with Crippen LogP contribution in [0.2, 0.25) is 10.0 Å². The number of rotatable bonds is 4. The summed E-state index contributed by atoms with van der Waals surface area (Å²) in [7, 11) is 0. The van der Waals surface area contributed by atoms with Crippen LogP contribution >= 0.6 is 23.2 Å². The van der Waals surface area contributed by atoms with Crippen molar-refractivity contribution in [3.8, 4) is 0 Å². The number of nitrogens with one attached hydrogen (secondary N) is 1. The van der Waals surface area contributed by atoms with E-state index in [1.165, 1.54) is 0 Å². The van der Waals surface area contributed by atoms with Crippen molar-refractivity contribution in [3.63, 3.8) is 0 Å². The summed E-state index contributed by atoms with van der Waals surface area (Å²) >= 11 is 12.4. The minimum atomic E-state index is 0.546. The van der Waals surface area contributed by atoms with Gasteiger partial charge in [0.2, 0.25) is 0 Å². The molecule has 0 fully saturated rings. The predicted octanol–water partition coefficient (Wildman–Crippen LogP) is 5.53. The molecule has 4 rings (SSSR count). The molecule has 0 bridgehead atoms. The maximum atomic E-state index is 6.29. The van der Waals surface area contributed by atoms with Gasteiger partial charge in [0, 0.05) is 21.9 Å². The number of hydrogen-bond acceptors (Lipinski definition) is 3. The minimum Gasteiger partial charge on any atom is -0.338 e. The molecule has 0 radical (unpaired) electrons. The van der Waals surface area contributed by atoms with E-state index in [0.29, 0.717) is 16.6 Å². The number of nitrogens with zero attached hydrogens (tertiary/aromatic N) is 3. The normalized spacial score (nSPS) is 11.0. The third kappa shape index (κ3) is 3.31. The zero-order chi connectivity index (χ0) is 17.2. The number of halogens is 2. The van der Waals surface area contributed by atoms with Crippen LogP contribution in [0.25, 0.3) is 11.0 Å². The van der Waals surface area contributed by atoms with E-state index in [2.05, 4.69) is 10.3 Å². The van der Waals surface area contributed by atoms with Crippen molar-refractivity contribution < 1.29 is 0 Å². The van der Waals surface area contributed by atoms with Crippen molar-refractivity contribution in [3.05, 3.63) is 82.5 Å². The van der Waals surface area contributed by atoms with Gasteiger partial charge in [-0.2, -0.15) is 5.10 Å². The van der Waals surface area contributed by atoms with E-state index in [1.807, 2.05) is 65.3 Å². The van der Waals surface area contributed by atoms with Crippen LogP contribution in [-0.2, 0) is 6.54 Å². The fraction of sp³-hybridized carbons (Fsp3) is 0.0526. The molecule has 1 N–H and O–H groups in total. The Balaban J connectivity index is 1.75. The average molecular weight is 369 g/mol. The van der Waals surface area contributed by atoms with Gasteiger partial charge in [-0.15, -0.1) is 0 Å². The first-order valence-corrected chi connectivity index (χ1v) is 8.54. The maximum absolute atomic E-state index is 6.29. The van der Waals surface area contributed by atoms with Crippen molar-refractivity contribution in [2.75, 3.05) is 5.32 Å². The molecule has 124 valence electrons. The van der Waals surface area contributed by atoms with Crippen LogP contribution in [0.4, 0.5) is 11.5 Å². The van der Waals surface area contributed by atoms with Crippen molar-refractivity contribution in [1.82, 2.24) is 14.8 Å². The Hall–Kier alpha value is -2.56. The van der Waals surface area contributed by atoms with Gasteiger partial charge in [0.25, 0.3) is 0 Å². The summed E-state index contributed by atoms with van der Waals surface area (Å²) in [4.78, 5) is 4.48. The predicted molar refractivity (Wildman–Crippen MR) is 103 cm³/mol. The van der Waals surface area contributed by atoms with Gasteiger partial charge < -0.3 is 5.32 Å². The Bertz CT molecular complexity index is 1040. The molecule has 4 aromatic rings. The quantitative estimate of drug-likeness (QED) is 0.514. The van der Waals surface area contributed by atoms with Crippen LogP contribution in [0.3, 0.4) is 0 Å². The van der Waals surface area contributed by atoms with Crippen LogP contribution in [0.1, 0.15) is 5.56 Å². The molecule has 25 heavy (non-hydrogen) atoms. The summed E-state index contributed by atoms with van der Waals surface area (Å²) in [6.07, 6.45) is 1.76. The highest BCUT2D eigenvalue weighted by atomic mass is 35.5. The van der Waals surface area contributed by atoms with E-state index in [0.717, 1.165) is 28.1 Å². The molecule has 0 aliphatic carbocycles. The summed E-state index contributed by atoms with van der Waals surface area (Å²) < 4.78 is 1.85. The molecule has 2 aromatic carbocycles. The lowest BCUT2D eigenvalue weighted by atomic mass is 10.2. The van der Waals surface area contributed by atoms with Gasteiger partial charge in [-0.3, -0.25) is 0 Å². The number of pyridine rings is 1. The zero-order valence-electron chi connectivity index (χ0n) is 13.2. The van der Waals surface area contributed by atoms with Crippen LogP contribution in [0, 0.1) is 0 Å². The first kappa shape index (κ1) is 15.9. The van der Waals surface area contributed by atoms with E-state index in [1.54, 1.807) is 6.20 Å². The molecule has 0 saturated heterocycles. The highest BCUT2D eigenvalue weighted by molar-refractivity contribution is 6.31. The Kier molecular flexibility index (Phi) is 4.30. The molecule has 2 heterocycles. The molecule has 6 heteroatoms. The number of fused-ring (bicyclic) bond motifs is 1. The van der Waals surface area contributed by atoms with Gasteiger partial charge >= 0.3 is 0 Å². The van der Waals surface area contributed by atoms with Gasteiger partial charge in [0.05, 0.1) is 11.9 Å². The average Bonchev–Trinajstić information content (AvgIpc) is 2.95. The van der Waals surface area contributed by atoms with Crippen molar-refractivity contribution in [2.45, 2.75) is 6.54 Å². The number of hydrogen-bond donors (Lipinski definition) is 1. The Labute approximate surface area is 155 Å². The third-order valence-electron chi connectivity index (χ3n) is 3.87. The maximum Gasteiger partial charge on any atom is 0.162 e. The third-order valence-corrected chi connectivity index (χ3v) is 4.48. The van der Waals surface area contributed by atoms with Gasteiger partial charge in [-0.25, -0.2) is 9.67 Å². The van der Waals surface area contributed by atoms with E-state index < -0.39 is 0 Å². The lowest BCUT2D eigenvalue weighted by molar-refractivity contribution is 0.707. The summed E-state index contributed by atoms with van der Waals surface area (Å²) in [5.74, 6) is 0.734. The van der Waals surface area contributed by atoms with E-state index in [-0.39, 0.29) is 0 Å². The molecule has 4 nitrogen and oxygen atoms in total. The lowest BCUT2D eigenvalue weighted by Crippen LogP contribution is -2.03. The van der Waals surface area contributed by atoms with Gasteiger partial charge in [-0.05, 0) is 42.0 Å². The largest absolute Gasteiger partial charge is 0.338 e. The standard InChI is InChI=1S/C19H14Cl2N4/c20-14-6-3-7-15(11-14)23-18-16-8-4-10-22-19(16)25(24-18)12-13-5-1-2-9-17(13)21/h1-11H,12H2,(H,23,24). The molecule has 0 unspecified atom stereocenters. The molecular weight excluding hydrogens is 355 g/mol. The topological polar surface area (TPSA) is 42.7 Å². The van der Waals surface area contributed by atoms with Crippen molar-refractivity contribution >= 4 is 45.7 Å². The van der Waals surface area contributed by atoms with E-state index in [9.17, 15) is 0 Å². The molecule has 0 aliphatic heterocycles.